The Kier molecular flexibility index (Phi) is 4.19. The summed E-state index contributed by atoms with van der Waals surface area (Å²) >= 11 is 0. The number of nitrogens with one attached hydrogen (secondary N) is 1. The van der Waals surface area contributed by atoms with Crippen LogP contribution in [-0.4, -0.2) is 30.9 Å². The lowest BCUT2D eigenvalue weighted by Crippen LogP contribution is -2.25. The zero-order valence-corrected chi connectivity index (χ0v) is 14.0. The predicted molar refractivity (Wildman–Crippen MR) is 89.4 cm³/mol. The minimum Gasteiger partial charge on any atom is -0.482 e. The maximum Gasteiger partial charge on any atom is 0.306 e. The van der Waals surface area contributed by atoms with Gasteiger partial charge < -0.3 is 14.8 Å². The van der Waals surface area contributed by atoms with Crippen molar-refractivity contribution in [2.75, 3.05) is 18.5 Å². The fourth-order valence-corrected chi connectivity index (χ4v) is 4.39. The quantitative estimate of drug-likeness (QED) is 0.656. The van der Waals surface area contributed by atoms with Crippen molar-refractivity contribution in [3.8, 4) is 5.75 Å². The van der Waals surface area contributed by atoms with E-state index in [-0.39, 0.29) is 30.9 Å². The van der Waals surface area contributed by atoms with E-state index in [1.807, 2.05) is 0 Å². The topological polar surface area (TPSA) is 81.7 Å². The van der Waals surface area contributed by atoms with Gasteiger partial charge in [0.25, 0.3) is 5.91 Å². The molecule has 2 saturated carbocycles. The molecule has 0 unspecified atom stereocenters. The van der Waals surface area contributed by atoms with E-state index in [0.717, 1.165) is 12.3 Å². The smallest absolute Gasteiger partial charge is 0.306 e. The molecule has 1 amide bonds. The Morgan fingerprint density at radius 1 is 1.24 bits per heavy atom. The molecule has 4 rings (SSSR count). The van der Waals surface area contributed by atoms with E-state index in [1.165, 1.54) is 19.3 Å². The van der Waals surface area contributed by atoms with Crippen molar-refractivity contribution >= 4 is 23.3 Å². The normalized spacial score (nSPS) is 26.6. The SMILES string of the molecule is O=C1COc2ccc(C(=O)COC(=O)C[C@H]3C[C@H]4CC[C@@H]3C4)cc2N1. The summed E-state index contributed by atoms with van der Waals surface area (Å²) in [7, 11) is 0. The highest BCUT2D eigenvalue weighted by molar-refractivity contribution is 6.01. The van der Waals surface area contributed by atoms with Crippen LogP contribution in [0.3, 0.4) is 0 Å². The van der Waals surface area contributed by atoms with Crippen LogP contribution in [0.25, 0.3) is 0 Å². The first-order chi connectivity index (χ1) is 12.1. The van der Waals surface area contributed by atoms with Crippen LogP contribution < -0.4 is 10.1 Å². The molecule has 1 aromatic rings. The maximum absolute atomic E-state index is 12.3. The van der Waals surface area contributed by atoms with E-state index >= 15 is 0 Å². The van der Waals surface area contributed by atoms with Gasteiger partial charge in [-0.1, -0.05) is 6.42 Å². The van der Waals surface area contributed by atoms with Crippen molar-refractivity contribution in [2.24, 2.45) is 17.8 Å². The van der Waals surface area contributed by atoms with Gasteiger partial charge in [-0.2, -0.15) is 0 Å². The number of ketones is 1. The number of esters is 1. The number of hydrogen-bond acceptors (Lipinski definition) is 5. The van der Waals surface area contributed by atoms with Gasteiger partial charge in [-0.3, -0.25) is 14.4 Å². The number of hydrogen-bond donors (Lipinski definition) is 1. The van der Waals surface area contributed by atoms with Crippen molar-refractivity contribution in [2.45, 2.75) is 32.1 Å². The number of benzene rings is 1. The third kappa shape index (κ3) is 3.38. The molecule has 1 heterocycles. The molecule has 0 aromatic heterocycles. The second-order valence-corrected chi connectivity index (χ2v) is 7.27. The molecule has 0 spiro atoms. The summed E-state index contributed by atoms with van der Waals surface area (Å²) in [5, 5.41) is 2.66. The van der Waals surface area contributed by atoms with Gasteiger partial charge in [0, 0.05) is 12.0 Å². The highest BCUT2D eigenvalue weighted by Gasteiger charge is 2.40. The van der Waals surface area contributed by atoms with Gasteiger partial charge in [0.2, 0.25) is 0 Å². The number of Topliss-reactive ketones (excluding diaryl/α,β-unsaturated/α-hetero) is 1. The van der Waals surface area contributed by atoms with Gasteiger partial charge in [0.05, 0.1) is 5.69 Å². The Labute approximate surface area is 145 Å². The van der Waals surface area contributed by atoms with Gasteiger partial charge in [0.15, 0.2) is 19.0 Å². The fourth-order valence-electron chi connectivity index (χ4n) is 4.39. The first-order valence-electron chi connectivity index (χ1n) is 8.84. The van der Waals surface area contributed by atoms with E-state index in [9.17, 15) is 14.4 Å². The number of ether oxygens (including phenoxy) is 2. The summed E-state index contributed by atoms with van der Waals surface area (Å²) < 4.78 is 10.4. The van der Waals surface area contributed by atoms with Gasteiger partial charge in [0.1, 0.15) is 5.75 Å². The molecular weight excluding hydrogens is 322 g/mol. The van der Waals surface area contributed by atoms with E-state index < -0.39 is 0 Å². The summed E-state index contributed by atoms with van der Waals surface area (Å²) in [5.74, 6) is 1.58. The minimum absolute atomic E-state index is 0.0269. The molecule has 2 fully saturated rings. The van der Waals surface area contributed by atoms with Crippen LogP contribution in [-0.2, 0) is 14.3 Å². The van der Waals surface area contributed by atoms with Gasteiger partial charge in [-0.05, 0) is 55.2 Å². The molecule has 6 heteroatoms. The monoisotopic (exact) mass is 343 g/mol. The van der Waals surface area contributed by atoms with Crippen molar-refractivity contribution in [1.29, 1.82) is 0 Å². The first-order valence-corrected chi connectivity index (χ1v) is 8.84. The van der Waals surface area contributed by atoms with Crippen LogP contribution >= 0.6 is 0 Å². The van der Waals surface area contributed by atoms with Crippen molar-refractivity contribution < 1.29 is 23.9 Å². The van der Waals surface area contributed by atoms with Crippen molar-refractivity contribution in [1.82, 2.24) is 0 Å². The molecule has 6 nitrogen and oxygen atoms in total. The van der Waals surface area contributed by atoms with Crippen LogP contribution in [0.15, 0.2) is 18.2 Å². The number of fused-ring (bicyclic) bond motifs is 3. The second kappa shape index (κ2) is 6.50. The molecular formula is C19H21NO5. The maximum atomic E-state index is 12.3. The zero-order chi connectivity index (χ0) is 17.4. The third-order valence-corrected chi connectivity index (χ3v) is 5.61. The fraction of sp³-hybridized carbons (Fsp3) is 0.526. The number of anilines is 1. The lowest BCUT2D eigenvalue weighted by atomic mass is 9.86. The van der Waals surface area contributed by atoms with E-state index in [4.69, 9.17) is 9.47 Å². The molecule has 3 aliphatic rings. The molecule has 2 bridgehead atoms. The van der Waals surface area contributed by atoms with Crippen LogP contribution in [0.2, 0.25) is 0 Å². The predicted octanol–water partition coefficient (Wildman–Crippen LogP) is 2.57. The number of carbonyl (C=O) groups excluding carboxylic acids is 3. The number of carbonyl (C=O) groups is 3. The summed E-state index contributed by atoms with van der Waals surface area (Å²) in [4.78, 5) is 35.6. The van der Waals surface area contributed by atoms with E-state index in [2.05, 4.69) is 5.32 Å². The van der Waals surface area contributed by atoms with Crippen molar-refractivity contribution in [3.05, 3.63) is 23.8 Å². The molecule has 0 saturated heterocycles. The summed E-state index contributed by atoms with van der Waals surface area (Å²) in [6.07, 6.45) is 5.32. The van der Waals surface area contributed by atoms with E-state index in [1.54, 1.807) is 18.2 Å². The second-order valence-electron chi connectivity index (χ2n) is 7.27. The lowest BCUT2D eigenvalue weighted by Gasteiger charge is -2.20. The average Bonchev–Trinajstić information content (AvgIpc) is 3.22. The first kappa shape index (κ1) is 16.1. The molecule has 1 N–H and O–H groups in total. The van der Waals surface area contributed by atoms with Gasteiger partial charge in [-0.15, -0.1) is 0 Å². The van der Waals surface area contributed by atoms with Crippen molar-refractivity contribution in [3.63, 3.8) is 0 Å². The van der Waals surface area contributed by atoms with Gasteiger partial charge in [-0.25, -0.2) is 0 Å². The largest absolute Gasteiger partial charge is 0.482 e. The molecule has 2 aliphatic carbocycles. The number of rotatable bonds is 5. The highest BCUT2D eigenvalue weighted by atomic mass is 16.5. The highest BCUT2D eigenvalue weighted by Crippen LogP contribution is 2.49. The molecule has 132 valence electrons. The lowest BCUT2D eigenvalue weighted by molar-refractivity contribution is -0.144. The third-order valence-electron chi connectivity index (χ3n) is 5.61. The molecule has 0 radical (unpaired) electrons. The Bertz CT molecular complexity index is 729. The molecule has 1 aromatic carbocycles. The molecule has 3 atom stereocenters. The Morgan fingerprint density at radius 3 is 2.88 bits per heavy atom. The Hall–Kier alpha value is -2.37. The average molecular weight is 343 g/mol. The van der Waals surface area contributed by atoms with E-state index in [0.29, 0.717) is 35.3 Å². The van der Waals surface area contributed by atoms with Gasteiger partial charge >= 0.3 is 5.97 Å². The molecule has 25 heavy (non-hydrogen) atoms. The zero-order valence-electron chi connectivity index (χ0n) is 14.0. The minimum atomic E-state index is -0.291. The number of amides is 1. The Morgan fingerprint density at radius 2 is 2.12 bits per heavy atom. The van der Waals surface area contributed by atoms with Crippen LogP contribution in [0.1, 0.15) is 42.5 Å². The summed E-state index contributed by atoms with van der Waals surface area (Å²) in [5.41, 5.74) is 0.854. The Balaban J connectivity index is 1.31. The summed E-state index contributed by atoms with van der Waals surface area (Å²) in [6, 6.07) is 4.81. The van der Waals surface area contributed by atoms with Crippen LogP contribution in [0, 0.1) is 17.8 Å². The summed E-state index contributed by atoms with van der Waals surface area (Å²) in [6.45, 7) is -0.297. The standard InChI is InChI=1S/C19H21NO5/c21-16(13-3-4-17-15(7-13)20-18(22)10-24-17)9-25-19(23)8-14-6-11-1-2-12(14)5-11/h3-4,7,11-12,14H,1-2,5-6,8-10H2,(H,20,22)/t11-,12+,14+/m0/s1. The molecule has 1 aliphatic heterocycles. The van der Waals surface area contributed by atoms with Crippen LogP contribution in [0.4, 0.5) is 5.69 Å². The van der Waals surface area contributed by atoms with Crippen LogP contribution in [0.5, 0.6) is 5.75 Å².